The molecule has 3 aromatic carbocycles. The molecule has 3 aliphatic heterocycles. The SMILES string of the molecule is Cc1c(C(=O)O)ccc2c1nc1n2CC[C@H]2[C@@H]1[C@H](c1cccc(Cl)c1F)[C@]1(C(=O)Nc3cc(Cl)ccc31)N2CC1CC1. The molecule has 1 saturated heterocycles. The molecule has 0 bridgehead atoms. The Hall–Kier alpha value is -3.46. The van der Waals surface area contributed by atoms with E-state index < -0.39 is 23.2 Å². The van der Waals surface area contributed by atoms with Gasteiger partial charge >= 0.3 is 5.97 Å². The number of anilines is 1. The largest absolute Gasteiger partial charge is 0.478 e. The van der Waals surface area contributed by atoms with Gasteiger partial charge in [-0.3, -0.25) is 9.69 Å². The molecule has 214 valence electrons. The highest BCUT2D eigenvalue weighted by atomic mass is 35.5. The Balaban J connectivity index is 1.44. The molecule has 42 heavy (non-hydrogen) atoms. The molecule has 7 nitrogen and oxygen atoms in total. The number of hydrogen-bond acceptors (Lipinski definition) is 4. The lowest BCUT2D eigenvalue weighted by atomic mass is 9.70. The lowest BCUT2D eigenvalue weighted by molar-refractivity contribution is -0.128. The van der Waals surface area contributed by atoms with Crippen LogP contribution >= 0.6 is 23.2 Å². The van der Waals surface area contributed by atoms with Crippen molar-refractivity contribution in [2.75, 3.05) is 11.9 Å². The van der Waals surface area contributed by atoms with Crippen molar-refractivity contribution in [1.82, 2.24) is 14.5 Å². The first-order valence-electron chi connectivity index (χ1n) is 14.3. The fourth-order valence-electron chi connectivity index (χ4n) is 8.02. The number of imidazole rings is 1. The lowest BCUT2D eigenvalue weighted by Crippen LogP contribution is -2.53. The summed E-state index contributed by atoms with van der Waals surface area (Å²) < 4.78 is 18.3. The minimum absolute atomic E-state index is 0.000773. The van der Waals surface area contributed by atoms with Gasteiger partial charge in [-0.05, 0) is 73.6 Å². The molecule has 4 aromatic rings. The summed E-state index contributed by atoms with van der Waals surface area (Å²) in [5.74, 6) is -1.57. The van der Waals surface area contributed by atoms with Gasteiger partial charge in [0.15, 0.2) is 0 Å². The van der Waals surface area contributed by atoms with Crippen molar-refractivity contribution in [3.8, 4) is 0 Å². The van der Waals surface area contributed by atoms with Gasteiger partial charge in [-0.1, -0.05) is 41.4 Å². The average molecular weight is 605 g/mol. The second kappa shape index (κ2) is 9.02. The van der Waals surface area contributed by atoms with Crippen molar-refractivity contribution in [3.63, 3.8) is 0 Å². The van der Waals surface area contributed by atoms with Gasteiger partial charge in [-0.15, -0.1) is 0 Å². The van der Waals surface area contributed by atoms with E-state index in [1.54, 1.807) is 37.3 Å². The smallest absolute Gasteiger partial charge is 0.336 e. The molecule has 1 aromatic heterocycles. The number of carbonyl (C=O) groups is 2. The molecular formula is C32H27Cl2FN4O3. The van der Waals surface area contributed by atoms with Crippen molar-refractivity contribution in [2.24, 2.45) is 5.92 Å². The van der Waals surface area contributed by atoms with Crippen LogP contribution in [0.5, 0.6) is 0 Å². The number of benzene rings is 3. The quantitative estimate of drug-likeness (QED) is 0.270. The summed E-state index contributed by atoms with van der Waals surface area (Å²) in [5, 5.41) is 13.4. The Morgan fingerprint density at radius 3 is 2.74 bits per heavy atom. The summed E-state index contributed by atoms with van der Waals surface area (Å²) in [7, 11) is 0. The van der Waals surface area contributed by atoms with Crippen molar-refractivity contribution >= 4 is 51.8 Å². The molecule has 2 N–H and O–H groups in total. The van der Waals surface area contributed by atoms with Crippen LogP contribution in [0.25, 0.3) is 11.0 Å². The van der Waals surface area contributed by atoms with E-state index >= 15 is 4.39 Å². The molecule has 0 unspecified atom stereocenters. The van der Waals surface area contributed by atoms with Crippen LogP contribution in [0, 0.1) is 18.7 Å². The van der Waals surface area contributed by atoms with E-state index in [-0.39, 0.29) is 28.5 Å². The van der Waals surface area contributed by atoms with Crippen LogP contribution in [0.15, 0.2) is 48.5 Å². The van der Waals surface area contributed by atoms with Gasteiger partial charge in [0.05, 0.1) is 21.6 Å². The molecule has 8 rings (SSSR count). The van der Waals surface area contributed by atoms with Crippen LogP contribution in [-0.2, 0) is 16.9 Å². The average Bonchev–Trinajstić information content (AvgIpc) is 3.53. The number of nitrogens with zero attached hydrogens (tertiary/aromatic N) is 3. The third-order valence-corrected chi connectivity index (χ3v) is 10.4. The lowest BCUT2D eigenvalue weighted by Gasteiger charge is -2.40. The number of nitrogens with one attached hydrogen (secondary N) is 1. The van der Waals surface area contributed by atoms with Crippen LogP contribution in [0.4, 0.5) is 10.1 Å². The number of rotatable bonds is 4. The van der Waals surface area contributed by atoms with Gasteiger partial charge in [-0.2, -0.15) is 0 Å². The third kappa shape index (κ3) is 3.40. The predicted molar refractivity (Wildman–Crippen MR) is 158 cm³/mol. The summed E-state index contributed by atoms with van der Waals surface area (Å²) in [5.41, 5.74) is 2.83. The Bertz CT molecular complexity index is 1850. The number of hydrogen-bond donors (Lipinski definition) is 2. The highest BCUT2D eigenvalue weighted by molar-refractivity contribution is 6.31. The van der Waals surface area contributed by atoms with Gasteiger partial charge in [0.25, 0.3) is 0 Å². The fraction of sp³-hybridized carbons (Fsp3) is 0.344. The van der Waals surface area contributed by atoms with E-state index in [4.69, 9.17) is 28.2 Å². The fourth-order valence-corrected chi connectivity index (χ4v) is 8.38. The summed E-state index contributed by atoms with van der Waals surface area (Å²) in [6.45, 7) is 3.13. The number of carboxylic acids is 1. The first-order chi connectivity index (χ1) is 20.2. The number of carbonyl (C=O) groups excluding carboxylic acids is 1. The molecular weight excluding hydrogens is 578 g/mol. The van der Waals surface area contributed by atoms with Crippen molar-refractivity contribution in [3.05, 3.63) is 92.5 Å². The Morgan fingerprint density at radius 2 is 1.98 bits per heavy atom. The Kier molecular flexibility index (Phi) is 5.62. The van der Waals surface area contributed by atoms with Crippen LogP contribution in [0.1, 0.15) is 64.0 Å². The number of likely N-dealkylation sites (tertiary alicyclic amines) is 1. The summed E-state index contributed by atoms with van der Waals surface area (Å²) in [6, 6.07) is 13.8. The molecule has 1 aliphatic carbocycles. The molecule has 0 radical (unpaired) electrons. The maximum absolute atomic E-state index is 16.2. The van der Waals surface area contributed by atoms with Crippen molar-refractivity contribution in [2.45, 2.75) is 56.1 Å². The first kappa shape index (κ1) is 26.2. The van der Waals surface area contributed by atoms with E-state index in [2.05, 4.69) is 14.8 Å². The van der Waals surface area contributed by atoms with Crippen molar-refractivity contribution in [1.29, 1.82) is 0 Å². The molecule has 1 saturated carbocycles. The number of aromatic carboxylic acids is 1. The van der Waals surface area contributed by atoms with E-state index in [0.29, 0.717) is 46.4 Å². The van der Waals surface area contributed by atoms with E-state index in [0.717, 1.165) is 36.2 Å². The second-order valence-corrected chi connectivity index (χ2v) is 12.9. The summed E-state index contributed by atoms with van der Waals surface area (Å²) in [4.78, 5) is 33.9. The minimum atomic E-state index is -1.21. The predicted octanol–water partition coefficient (Wildman–Crippen LogP) is 6.70. The molecule has 1 amide bonds. The zero-order chi connectivity index (χ0) is 29.1. The van der Waals surface area contributed by atoms with Gasteiger partial charge < -0.3 is 15.0 Å². The molecule has 4 atom stereocenters. The third-order valence-electron chi connectivity index (χ3n) is 9.91. The standard InChI is InChI=1S/C32H27Cl2FN4O3/c1-15-18(30(40)41)8-10-24-28(15)37-29-25-23(11-12-38(24)29)39(14-16-5-6-16)32(26(25)19-3-2-4-21(34)27(19)35)20-9-7-17(33)13-22(20)36-31(32)42/h2-4,7-10,13,16,23,25-26H,5-6,11-12,14H2,1H3,(H,36,42)(H,40,41)/t23-,25+,26-,32+/m0/s1. The number of amides is 1. The Labute approximate surface area is 251 Å². The van der Waals surface area contributed by atoms with Gasteiger partial charge in [0, 0.05) is 47.2 Å². The van der Waals surface area contributed by atoms with E-state index in [1.807, 2.05) is 12.1 Å². The number of aromatic nitrogens is 2. The van der Waals surface area contributed by atoms with Gasteiger partial charge in [0.1, 0.15) is 17.2 Å². The van der Waals surface area contributed by atoms with Crippen LogP contribution in [0.3, 0.4) is 0 Å². The number of fused-ring (bicyclic) bond motifs is 7. The zero-order valence-electron chi connectivity index (χ0n) is 22.7. The first-order valence-corrected chi connectivity index (χ1v) is 15.0. The number of halogens is 3. The van der Waals surface area contributed by atoms with E-state index in [9.17, 15) is 14.7 Å². The molecule has 4 heterocycles. The number of aryl methyl sites for hydroxylation is 2. The second-order valence-electron chi connectivity index (χ2n) is 12.0. The highest BCUT2D eigenvalue weighted by Crippen LogP contribution is 2.64. The molecule has 4 aliphatic rings. The Morgan fingerprint density at radius 1 is 1.17 bits per heavy atom. The number of carboxylic acid groups (broad SMARTS) is 1. The maximum atomic E-state index is 16.2. The highest BCUT2D eigenvalue weighted by Gasteiger charge is 2.69. The molecule has 2 fully saturated rings. The summed E-state index contributed by atoms with van der Waals surface area (Å²) >= 11 is 12.8. The summed E-state index contributed by atoms with van der Waals surface area (Å²) in [6.07, 6.45) is 2.90. The van der Waals surface area contributed by atoms with Crippen LogP contribution < -0.4 is 5.32 Å². The monoisotopic (exact) mass is 604 g/mol. The molecule has 1 spiro atoms. The van der Waals surface area contributed by atoms with Crippen LogP contribution in [0.2, 0.25) is 10.0 Å². The minimum Gasteiger partial charge on any atom is -0.478 e. The van der Waals surface area contributed by atoms with E-state index in [1.165, 1.54) is 6.07 Å². The van der Waals surface area contributed by atoms with Crippen molar-refractivity contribution < 1.29 is 19.1 Å². The zero-order valence-corrected chi connectivity index (χ0v) is 24.2. The maximum Gasteiger partial charge on any atom is 0.336 e. The topological polar surface area (TPSA) is 87.5 Å². The normalized spacial score (nSPS) is 26.4. The van der Waals surface area contributed by atoms with Gasteiger partial charge in [-0.25, -0.2) is 14.2 Å². The molecule has 10 heteroatoms. The van der Waals surface area contributed by atoms with Gasteiger partial charge in [0.2, 0.25) is 5.91 Å². The van der Waals surface area contributed by atoms with Crippen LogP contribution in [-0.4, -0.2) is 44.0 Å².